The van der Waals surface area contributed by atoms with Gasteiger partial charge in [0.2, 0.25) is 5.30 Å². The van der Waals surface area contributed by atoms with Gasteiger partial charge < -0.3 is 0 Å². The predicted molar refractivity (Wildman–Crippen MR) is 59.8 cm³/mol. The molecule has 0 N–H and O–H groups in total. The van der Waals surface area contributed by atoms with Crippen LogP contribution in [0.2, 0.25) is 0 Å². The van der Waals surface area contributed by atoms with E-state index in [1.807, 2.05) is 25.1 Å². The summed E-state index contributed by atoms with van der Waals surface area (Å²) in [5.74, 6) is 0. The highest BCUT2D eigenvalue weighted by Crippen LogP contribution is 2.19. The quantitative estimate of drug-likeness (QED) is 0.761. The van der Waals surface area contributed by atoms with E-state index in [0.717, 1.165) is 5.30 Å². The number of halogens is 2. The van der Waals surface area contributed by atoms with E-state index in [9.17, 15) is 4.57 Å². The number of hydrogen-bond acceptors (Lipinski definition) is 2. The summed E-state index contributed by atoms with van der Waals surface area (Å²) in [4.78, 5) is 0. The molecule has 0 aliphatic carbocycles. The highest BCUT2D eigenvalue weighted by molar-refractivity contribution is 7.48. The Hall–Kier alpha value is -0.140. The molecule has 13 heavy (non-hydrogen) atoms. The van der Waals surface area contributed by atoms with Crippen LogP contribution in [0.1, 0.15) is 6.92 Å². The standard InChI is InChI=1S/C8H10O2P.2ClH/c1-2-10-11(9)8-6-4-3-5-7-8;;/h3-7H,2H2,1H3;2*1H/q+1;;. The van der Waals surface area contributed by atoms with Crippen molar-refractivity contribution < 1.29 is 9.09 Å². The van der Waals surface area contributed by atoms with Gasteiger partial charge in [-0.2, -0.15) is 0 Å². The third-order valence-corrected chi connectivity index (χ3v) is 2.43. The summed E-state index contributed by atoms with van der Waals surface area (Å²) in [5.41, 5.74) is 0. The fraction of sp³-hybridized carbons (Fsp3) is 0.250. The maximum Gasteiger partial charge on any atom is 0.548 e. The Kier molecular flexibility index (Phi) is 9.98. The minimum absolute atomic E-state index is 0. The molecule has 1 atom stereocenters. The van der Waals surface area contributed by atoms with Crippen LogP contribution >= 0.6 is 32.8 Å². The van der Waals surface area contributed by atoms with Crippen LogP contribution in [-0.2, 0) is 9.09 Å². The topological polar surface area (TPSA) is 26.3 Å². The van der Waals surface area contributed by atoms with Gasteiger partial charge in [-0.1, -0.05) is 18.2 Å². The first kappa shape index (κ1) is 15.3. The molecule has 0 amide bonds. The lowest BCUT2D eigenvalue weighted by Gasteiger charge is -1.83. The largest absolute Gasteiger partial charge is 0.548 e. The van der Waals surface area contributed by atoms with Crippen LogP contribution in [0.25, 0.3) is 0 Å². The maximum absolute atomic E-state index is 11.2. The molecule has 0 saturated carbocycles. The van der Waals surface area contributed by atoms with Crippen LogP contribution in [0.3, 0.4) is 0 Å². The van der Waals surface area contributed by atoms with E-state index >= 15 is 0 Å². The molecule has 0 fully saturated rings. The zero-order chi connectivity index (χ0) is 8.10. The van der Waals surface area contributed by atoms with Crippen molar-refractivity contribution in [1.82, 2.24) is 0 Å². The first-order chi connectivity index (χ1) is 5.34. The summed E-state index contributed by atoms with van der Waals surface area (Å²) in [6.45, 7) is 2.32. The molecule has 0 aliphatic heterocycles. The van der Waals surface area contributed by atoms with Crippen molar-refractivity contribution in [3.63, 3.8) is 0 Å². The molecule has 1 aromatic carbocycles. The molecular weight excluding hydrogens is 230 g/mol. The molecule has 0 aliphatic rings. The summed E-state index contributed by atoms with van der Waals surface area (Å²) in [7, 11) is -1.63. The fourth-order valence-corrected chi connectivity index (χ4v) is 1.54. The molecule has 1 aromatic rings. The van der Waals surface area contributed by atoms with Crippen LogP contribution < -0.4 is 5.30 Å². The second kappa shape index (κ2) is 8.46. The third-order valence-electron chi connectivity index (χ3n) is 1.21. The molecular formula is C8H12Cl2O2P+. The minimum Gasteiger partial charge on any atom is -0.147 e. The van der Waals surface area contributed by atoms with Gasteiger partial charge in [0.05, 0.1) is 0 Å². The number of rotatable bonds is 3. The zero-order valence-electron chi connectivity index (χ0n) is 7.17. The van der Waals surface area contributed by atoms with Gasteiger partial charge in [-0.05, 0) is 23.6 Å². The van der Waals surface area contributed by atoms with Crippen molar-refractivity contribution in [1.29, 1.82) is 0 Å². The normalized spacial score (nSPS) is 9.46. The molecule has 74 valence electrons. The van der Waals surface area contributed by atoms with E-state index in [2.05, 4.69) is 0 Å². The number of hydrogen-bond donors (Lipinski definition) is 0. The molecule has 0 bridgehead atoms. The van der Waals surface area contributed by atoms with Crippen molar-refractivity contribution in [3.8, 4) is 0 Å². The van der Waals surface area contributed by atoms with Crippen LogP contribution in [0.5, 0.6) is 0 Å². The molecule has 0 spiro atoms. The average molecular weight is 242 g/mol. The van der Waals surface area contributed by atoms with E-state index < -0.39 is 8.03 Å². The van der Waals surface area contributed by atoms with E-state index in [-0.39, 0.29) is 24.8 Å². The van der Waals surface area contributed by atoms with Crippen molar-refractivity contribution in [2.75, 3.05) is 6.61 Å². The number of benzene rings is 1. The minimum atomic E-state index is -1.63. The van der Waals surface area contributed by atoms with E-state index in [0.29, 0.717) is 6.61 Å². The second-order valence-corrected chi connectivity index (χ2v) is 3.30. The zero-order valence-corrected chi connectivity index (χ0v) is 9.70. The highest BCUT2D eigenvalue weighted by atomic mass is 35.5. The maximum atomic E-state index is 11.2. The van der Waals surface area contributed by atoms with Crippen LogP contribution in [0.4, 0.5) is 0 Å². The van der Waals surface area contributed by atoms with Gasteiger partial charge in [-0.3, -0.25) is 0 Å². The molecule has 0 heterocycles. The van der Waals surface area contributed by atoms with E-state index in [1.54, 1.807) is 12.1 Å². The summed E-state index contributed by atoms with van der Waals surface area (Å²) in [5, 5.41) is 0.754. The second-order valence-electron chi connectivity index (χ2n) is 2.01. The van der Waals surface area contributed by atoms with E-state index in [1.165, 1.54) is 0 Å². The van der Waals surface area contributed by atoms with Gasteiger partial charge in [-0.15, -0.1) is 29.3 Å². The van der Waals surface area contributed by atoms with Gasteiger partial charge in [0.1, 0.15) is 6.61 Å². The smallest absolute Gasteiger partial charge is 0.147 e. The van der Waals surface area contributed by atoms with Gasteiger partial charge in [0, 0.05) is 0 Å². The van der Waals surface area contributed by atoms with Gasteiger partial charge in [0.25, 0.3) is 0 Å². The summed E-state index contributed by atoms with van der Waals surface area (Å²) < 4.78 is 16.1. The van der Waals surface area contributed by atoms with Crippen molar-refractivity contribution in [2.24, 2.45) is 0 Å². The molecule has 1 unspecified atom stereocenters. The molecule has 0 radical (unpaired) electrons. The van der Waals surface area contributed by atoms with Gasteiger partial charge in [0.15, 0.2) is 0 Å². The highest BCUT2D eigenvalue weighted by Gasteiger charge is 2.19. The van der Waals surface area contributed by atoms with Crippen LogP contribution in [0.15, 0.2) is 30.3 Å². The van der Waals surface area contributed by atoms with Crippen molar-refractivity contribution in [2.45, 2.75) is 6.92 Å². The van der Waals surface area contributed by atoms with Crippen molar-refractivity contribution >= 4 is 38.1 Å². The lowest BCUT2D eigenvalue weighted by atomic mass is 10.4. The van der Waals surface area contributed by atoms with E-state index in [4.69, 9.17) is 4.52 Å². The molecule has 0 aromatic heterocycles. The monoisotopic (exact) mass is 241 g/mol. The predicted octanol–water partition coefficient (Wildman–Crippen LogP) is 2.93. The Morgan fingerprint density at radius 3 is 2.23 bits per heavy atom. The Morgan fingerprint density at radius 1 is 1.23 bits per heavy atom. The lowest BCUT2D eigenvalue weighted by molar-refractivity contribution is 0.357. The fourth-order valence-electron chi connectivity index (χ4n) is 0.742. The van der Waals surface area contributed by atoms with Crippen LogP contribution in [0, 0.1) is 0 Å². The first-order valence-corrected chi connectivity index (χ1v) is 4.67. The Bertz CT molecular complexity index is 241. The lowest BCUT2D eigenvalue weighted by Crippen LogP contribution is -1.95. The molecule has 1 rings (SSSR count). The molecule has 2 nitrogen and oxygen atoms in total. The average Bonchev–Trinajstić information content (AvgIpc) is 2.07. The summed E-state index contributed by atoms with van der Waals surface area (Å²) in [6.07, 6.45) is 0. The van der Waals surface area contributed by atoms with Gasteiger partial charge in [-0.25, -0.2) is 0 Å². The van der Waals surface area contributed by atoms with Crippen LogP contribution in [-0.4, -0.2) is 6.61 Å². The Labute approximate surface area is 91.4 Å². The van der Waals surface area contributed by atoms with Gasteiger partial charge >= 0.3 is 8.03 Å². The third kappa shape index (κ3) is 5.22. The molecule has 0 saturated heterocycles. The first-order valence-electron chi connectivity index (χ1n) is 3.50. The Balaban J connectivity index is 0. The summed E-state index contributed by atoms with van der Waals surface area (Å²) in [6, 6.07) is 9.19. The Morgan fingerprint density at radius 2 is 1.77 bits per heavy atom. The van der Waals surface area contributed by atoms with Crippen molar-refractivity contribution in [3.05, 3.63) is 30.3 Å². The molecule has 5 heteroatoms. The SMILES string of the molecule is CCO[P+](=O)c1ccccc1.Cl.Cl. The summed E-state index contributed by atoms with van der Waals surface area (Å²) >= 11 is 0.